The highest BCUT2D eigenvalue weighted by molar-refractivity contribution is 7.18. The topological polar surface area (TPSA) is 88.5 Å². The third-order valence-corrected chi connectivity index (χ3v) is 4.51. The van der Waals surface area contributed by atoms with Crippen LogP contribution in [0.1, 0.15) is 29.4 Å². The minimum absolute atomic E-state index is 0.139. The van der Waals surface area contributed by atoms with Crippen molar-refractivity contribution in [2.45, 2.75) is 25.8 Å². The molecule has 0 spiro atoms. The average molecular weight is 307 g/mol. The van der Waals surface area contributed by atoms with Gasteiger partial charge in [-0.3, -0.25) is 4.79 Å². The zero-order chi connectivity index (χ0) is 15.4. The minimum atomic E-state index is -0.139. The Labute approximate surface area is 129 Å². The fourth-order valence-electron chi connectivity index (χ4n) is 2.35. The van der Waals surface area contributed by atoms with Crippen LogP contribution in [-0.4, -0.2) is 48.0 Å². The number of nitrogens with two attached hydrogens (primary N) is 2. The summed E-state index contributed by atoms with van der Waals surface area (Å²) in [6.07, 6.45) is 7.10. The van der Waals surface area contributed by atoms with Gasteiger partial charge in [-0.2, -0.15) is 0 Å². The summed E-state index contributed by atoms with van der Waals surface area (Å²) < 4.78 is 0. The van der Waals surface area contributed by atoms with Crippen LogP contribution in [0.3, 0.4) is 0 Å². The molecule has 4 N–H and O–H groups in total. The number of anilines is 2. The molecule has 1 atom stereocenters. The number of terminal acetylenes is 1. The van der Waals surface area contributed by atoms with Crippen molar-refractivity contribution in [3.63, 3.8) is 0 Å². The molecule has 6 nitrogen and oxygen atoms in total. The second-order valence-corrected chi connectivity index (χ2v) is 6.11. The summed E-state index contributed by atoms with van der Waals surface area (Å²) >= 11 is 1.32. The summed E-state index contributed by atoms with van der Waals surface area (Å²) in [5.74, 6) is 2.65. The van der Waals surface area contributed by atoms with Crippen molar-refractivity contribution in [3.05, 3.63) is 4.88 Å². The zero-order valence-corrected chi connectivity index (χ0v) is 13.0. The minimum Gasteiger partial charge on any atom is -0.382 e. The van der Waals surface area contributed by atoms with Crippen molar-refractivity contribution in [2.75, 3.05) is 36.8 Å². The lowest BCUT2D eigenvalue weighted by atomic mass is 10.3. The molecule has 2 heterocycles. The molecule has 0 aromatic carbocycles. The number of nitrogens with zero attached hydrogens (tertiary/aromatic N) is 3. The first-order valence-electron chi connectivity index (χ1n) is 7.06. The number of hydrogen-bond acceptors (Lipinski definition) is 6. The summed E-state index contributed by atoms with van der Waals surface area (Å²) in [6, 6.07) is 0.160. The normalized spacial score (nSPS) is 17.8. The number of thiazole rings is 1. The quantitative estimate of drug-likeness (QED) is 0.784. The second kappa shape index (κ2) is 6.78. The third-order valence-electron chi connectivity index (χ3n) is 3.39. The molecule has 0 saturated carbocycles. The number of aromatic nitrogens is 1. The fraction of sp³-hybridized carbons (Fsp3) is 0.571. The van der Waals surface area contributed by atoms with E-state index in [-0.39, 0.29) is 24.3 Å². The van der Waals surface area contributed by atoms with Gasteiger partial charge in [0.25, 0.3) is 5.91 Å². The smallest absolute Gasteiger partial charge is 0.268 e. The van der Waals surface area contributed by atoms with E-state index in [0.29, 0.717) is 11.4 Å². The third kappa shape index (κ3) is 3.46. The number of carbonyl (C=O) groups excluding carboxylic acids is 1. The molecule has 1 aliphatic rings. The molecular weight excluding hydrogens is 286 g/mol. The van der Waals surface area contributed by atoms with E-state index < -0.39 is 0 Å². The van der Waals surface area contributed by atoms with Gasteiger partial charge in [-0.15, -0.1) is 6.42 Å². The van der Waals surface area contributed by atoms with Crippen LogP contribution in [-0.2, 0) is 0 Å². The molecular formula is C14H21N5OS. The van der Waals surface area contributed by atoms with Gasteiger partial charge in [-0.25, -0.2) is 4.98 Å². The van der Waals surface area contributed by atoms with Crippen LogP contribution >= 0.6 is 11.3 Å². The van der Waals surface area contributed by atoms with Crippen LogP contribution in [0.4, 0.5) is 10.9 Å². The van der Waals surface area contributed by atoms with Gasteiger partial charge in [0, 0.05) is 25.7 Å². The predicted molar refractivity (Wildman–Crippen MR) is 86.4 cm³/mol. The molecule has 114 valence electrons. The Bertz CT molecular complexity index is 550. The first kappa shape index (κ1) is 15.6. The van der Waals surface area contributed by atoms with Crippen LogP contribution in [0.5, 0.6) is 0 Å². The fourth-order valence-corrected chi connectivity index (χ4v) is 3.33. The first-order valence-corrected chi connectivity index (χ1v) is 7.88. The number of rotatable bonds is 5. The van der Waals surface area contributed by atoms with Crippen LogP contribution < -0.4 is 16.4 Å². The Balaban J connectivity index is 2.18. The molecule has 21 heavy (non-hydrogen) atoms. The largest absolute Gasteiger partial charge is 0.382 e. The van der Waals surface area contributed by atoms with Crippen LogP contribution in [0.25, 0.3) is 0 Å². The summed E-state index contributed by atoms with van der Waals surface area (Å²) in [5.41, 5.74) is 11.8. The highest BCUT2D eigenvalue weighted by atomic mass is 32.1. The molecule has 0 aliphatic carbocycles. The van der Waals surface area contributed by atoms with Gasteiger partial charge >= 0.3 is 0 Å². The molecule has 0 bridgehead atoms. The van der Waals surface area contributed by atoms with Crippen molar-refractivity contribution in [2.24, 2.45) is 5.73 Å². The second-order valence-electron chi connectivity index (χ2n) is 5.14. The number of nitrogen functional groups attached to an aromatic ring is 1. The van der Waals surface area contributed by atoms with Gasteiger partial charge in [-0.05, 0) is 12.8 Å². The summed E-state index contributed by atoms with van der Waals surface area (Å²) in [6.45, 7) is 4.51. The highest BCUT2D eigenvalue weighted by Crippen LogP contribution is 2.31. The van der Waals surface area contributed by atoms with Crippen molar-refractivity contribution in [1.29, 1.82) is 0 Å². The molecule has 1 amide bonds. The lowest BCUT2D eigenvalue weighted by Gasteiger charge is -2.18. The number of hydrogen-bond donors (Lipinski definition) is 2. The maximum Gasteiger partial charge on any atom is 0.268 e. The molecule has 1 unspecified atom stereocenters. The monoisotopic (exact) mass is 307 g/mol. The van der Waals surface area contributed by atoms with E-state index in [1.54, 1.807) is 4.90 Å². The van der Waals surface area contributed by atoms with Gasteiger partial charge in [0.2, 0.25) is 0 Å². The van der Waals surface area contributed by atoms with Crippen molar-refractivity contribution >= 4 is 28.2 Å². The van der Waals surface area contributed by atoms with Gasteiger partial charge in [0.15, 0.2) is 5.13 Å². The molecule has 1 fully saturated rings. The molecule has 2 rings (SSSR count). The van der Waals surface area contributed by atoms with Crippen LogP contribution in [0, 0.1) is 12.3 Å². The van der Waals surface area contributed by atoms with Gasteiger partial charge in [-0.1, -0.05) is 24.2 Å². The molecule has 1 aromatic heterocycles. The molecule has 1 aliphatic heterocycles. The van der Waals surface area contributed by atoms with Gasteiger partial charge in [0.05, 0.1) is 6.54 Å². The molecule has 1 aromatic rings. The van der Waals surface area contributed by atoms with Crippen LogP contribution in [0.15, 0.2) is 0 Å². The highest BCUT2D eigenvalue weighted by Gasteiger charge is 2.26. The van der Waals surface area contributed by atoms with Crippen LogP contribution in [0.2, 0.25) is 0 Å². The Kier molecular flexibility index (Phi) is 5.04. The van der Waals surface area contributed by atoms with E-state index in [0.717, 1.165) is 31.1 Å². The maximum atomic E-state index is 12.5. The average Bonchev–Trinajstić information content (AvgIpc) is 3.04. The maximum absolute atomic E-state index is 12.5. The molecule has 7 heteroatoms. The Morgan fingerprint density at radius 1 is 1.67 bits per heavy atom. The first-order chi connectivity index (χ1) is 10.1. The number of carbonyl (C=O) groups is 1. The van der Waals surface area contributed by atoms with E-state index >= 15 is 0 Å². The SMILES string of the molecule is C#CCN(CCC)C(=O)c1sc(N2CCC(N)C2)nc1N. The summed E-state index contributed by atoms with van der Waals surface area (Å²) in [4.78, 5) is 21.0. The Hall–Kier alpha value is -1.78. The summed E-state index contributed by atoms with van der Waals surface area (Å²) in [7, 11) is 0. The molecule has 1 saturated heterocycles. The zero-order valence-electron chi connectivity index (χ0n) is 12.2. The summed E-state index contributed by atoms with van der Waals surface area (Å²) in [5, 5.41) is 0.765. The van der Waals surface area contributed by atoms with E-state index in [2.05, 4.69) is 15.8 Å². The van der Waals surface area contributed by atoms with E-state index in [1.807, 2.05) is 6.92 Å². The van der Waals surface area contributed by atoms with Crippen molar-refractivity contribution in [1.82, 2.24) is 9.88 Å². The van der Waals surface area contributed by atoms with Gasteiger partial charge < -0.3 is 21.3 Å². The lowest BCUT2D eigenvalue weighted by molar-refractivity contribution is 0.0782. The van der Waals surface area contributed by atoms with E-state index in [9.17, 15) is 4.79 Å². The molecule has 0 radical (unpaired) electrons. The van der Waals surface area contributed by atoms with Crippen molar-refractivity contribution in [3.8, 4) is 12.3 Å². The Morgan fingerprint density at radius 3 is 3.00 bits per heavy atom. The van der Waals surface area contributed by atoms with E-state index in [1.165, 1.54) is 11.3 Å². The number of amides is 1. The van der Waals surface area contributed by atoms with Gasteiger partial charge in [0.1, 0.15) is 10.7 Å². The van der Waals surface area contributed by atoms with E-state index in [4.69, 9.17) is 17.9 Å². The van der Waals surface area contributed by atoms with Crippen molar-refractivity contribution < 1.29 is 4.79 Å². The predicted octanol–water partition coefficient (Wildman–Crippen LogP) is 0.748. The standard InChI is InChI=1S/C14H21N5OS/c1-3-6-18(7-4-2)13(20)11-12(16)17-14(21-11)19-8-5-10(15)9-19/h1,10H,4-9,15-16H2,2H3. The lowest BCUT2D eigenvalue weighted by Crippen LogP contribution is -2.32. The Morgan fingerprint density at radius 2 is 2.43 bits per heavy atom.